The van der Waals surface area contributed by atoms with Gasteiger partial charge in [-0.05, 0) is 25.8 Å². The largest absolute Gasteiger partial charge is 0.329 e. The third-order valence-corrected chi connectivity index (χ3v) is 4.23. The van der Waals surface area contributed by atoms with E-state index in [1.54, 1.807) is 4.90 Å². The molecule has 1 fully saturated rings. The molecular formula is C15H16FN5O. The number of rotatable bonds is 2. The van der Waals surface area contributed by atoms with Crippen LogP contribution in [0.3, 0.4) is 0 Å². The summed E-state index contributed by atoms with van der Waals surface area (Å²) in [7, 11) is 0. The molecule has 0 N–H and O–H groups in total. The number of aromatic nitrogens is 4. The summed E-state index contributed by atoms with van der Waals surface area (Å²) in [4.78, 5) is 17.9. The van der Waals surface area contributed by atoms with Crippen molar-refractivity contribution in [3.63, 3.8) is 0 Å². The standard InChI is InChI=1S/C15H16FN5O/c1-9-7-20(15(22)11-4-12(16)6-17-5-11)8-13-18-19-14(21(9)13)10-2-3-10/h4-6,9-10H,2-3,7-8H2,1H3/t9-/m0/s1. The Hall–Kier alpha value is -2.31. The maximum atomic E-state index is 13.2. The molecule has 0 bridgehead atoms. The van der Waals surface area contributed by atoms with Crippen molar-refractivity contribution >= 4 is 5.91 Å². The van der Waals surface area contributed by atoms with Crippen LogP contribution in [0, 0.1) is 5.82 Å². The lowest BCUT2D eigenvalue weighted by atomic mass is 10.1. The number of fused-ring (bicyclic) bond motifs is 1. The molecule has 1 saturated carbocycles. The summed E-state index contributed by atoms with van der Waals surface area (Å²) in [6, 6.07) is 1.34. The summed E-state index contributed by atoms with van der Waals surface area (Å²) >= 11 is 0. The highest BCUT2D eigenvalue weighted by atomic mass is 19.1. The Morgan fingerprint density at radius 3 is 2.86 bits per heavy atom. The molecule has 0 radical (unpaired) electrons. The van der Waals surface area contributed by atoms with Crippen molar-refractivity contribution in [2.45, 2.75) is 38.3 Å². The zero-order chi connectivity index (χ0) is 15.3. The van der Waals surface area contributed by atoms with Gasteiger partial charge < -0.3 is 9.47 Å². The lowest BCUT2D eigenvalue weighted by molar-refractivity contribution is 0.0678. The molecule has 1 atom stereocenters. The van der Waals surface area contributed by atoms with Gasteiger partial charge in [0.05, 0.1) is 24.3 Å². The van der Waals surface area contributed by atoms with E-state index < -0.39 is 5.82 Å². The molecule has 7 heteroatoms. The zero-order valence-electron chi connectivity index (χ0n) is 12.2. The molecule has 1 amide bonds. The Morgan fingerprint density at radius 2 is 2.14 bits per heavy atom. The van der Waals surface area contributed by atoms with E-state index in [1.807, 2.05) is 0 Å². The predicted molar refractivity (Wildman–Crippen MR) is 75.6 cm³/mol. The summed E-state index contributed by atoms with van der Waals surface area (Å²) in [5.74, 6) is 1.65. The molecule has 3 heterocycles. The molecule has 2 aromatic rings. The van der Waals surface area contributed by atoms with E-state index in [4.69, 9.17) is 0 Å². The SMILES string of the molecule is C[C@H]1CN(C(=O)c2cncc(F)c2)Cc2nnc(C3CC3)n21. The van der Waals surface area contributed by atoms with Crippen LogP contribution in [-0.2, 0) is 6.54 Å². The Kier molecular flexibility index (Phi) is 2.95. The molecule has 2 aliphatic rings. The van der Waals surface area contributed by atoms with E-state index >= 15 is 0 Å². The highest BCUT2D eigenvalue weighted by Gasteiger charge is 2.35. The minimum atomic E-state index is -0.505. The van der Waals surface area contributed by atoms with Gasteiger partial charge in [0.1, 0.15) is 11.6 Å². The van der Waals surface area contributed by atoms with E-state index in [9.17, 15) is 9.18 Å². The van der Waals surface area contributed by atoms with Gasteiger partial charge in [-0.2, -0.15) is 0 Å². The molecule has 6 nitrogen and oxygen atoms in total. The van der Waals surface area contributed by atoms with Crippen LogP contribution in [0.5, 0.6) is 0 Å². The summed E-state index contributed by atoms with van der Waals surface area (Å²) in [6.07, 6.45) is 4.82. The van der Waals surface area contributed by atoms with Crippen LogP contribution < -0.4 is 0 Å². The molecule has 114 valence electrons. The summed E-state index contributed by atoms with van der Waals surface area (Å²) in [5.41, 5.74) is 0.266. The number of amides is 1. The van der Waals surface area contributed by atoms with E-state index in [2.05, 4.69) is 26.7 Å². The average Bonchev–Trinajstić information content (AvgIpc) is 3.26. The van der Waals surface area contributed by atoms with Crippen LogP contribution in [0.25, 0.3) is 0 Å². The van der Waals surface area contributed by atoms with Crippen LogP contribution >= 0.6 is 0 Å². The highest BCUT2D eigenvalue weighted by molar-refractivity contribution is 5.93. The van der Waals surface area contributed by atoms with Crippen molar-refractivity contribution < 1.29 is 9.18 Å². The van der Waals surface area contributed by atoms with Gasteiger partial charge in [-0.15, -0.1) is 10.2 Å². The summed E-state index contributed by atoms with van der Waals surface area (Å²) in [6.45, 7) is 3.03. The molecule has 22 heavy (non-hydrogen) atoms. The third kappa shape index (κ3) is 2.17. The van der Waals surface area contributed by atoms with Crippen LogP contribution in [0.4, 0.5) is 4.39 Å². The van der Waals surface area contributed by atoms with Gasteiger partial charge in [-0.25, -0.2) is 4.39 Å². The second-order valence-electron chi connectivity index (χ2n) is 6.05. The maximum Gasteiger partial charge on any atom is 0.256 e. The predicted octanol–water partition coefficient (Wildman–Crippen LogP) is 1.91. The van der Waals surface area contributed by atoms with E-state index in [0.29, 0.717) is 19.0 Å². The molecule has 1 aliphatic heterocycles. The van der Waals surface area contributed by atoms with Gasteiger partial charge >= 0.3 is 0 Å². The van der Waals surface area contributed by atoms with Crippen LogP contribution in [0.2, 0.25) is 0 Å². The Morgan fingerprint density at radius 1 is 1.32 bits per heavy atom. The molecule has 1 aliphatic carbocycles. The Balaban J connectivity index is 1.61. The quantitative estimate of drug-likeness (QED) is 0.850. The molecule has 0 saturated heterocycles. The minimum Gasteiger partial charge on any atom is -0.329 e. The van der Waals surface area contributed by atoms with Crippen molar-refractivity contribution in [2.24, 2.45) is 0 Å². The fraction of sp³-hybridized carbons (Fsp3) is 0.467. The fourth-order valence-electron chi connectivity index (χ4n) is 3.05. The first-order valence-corrected chi connectivity index (χ1v) is 7.47. The number of halogens is 1. The number of carbonyl (C=O) groups excluding carboxylic acids is 1. The highest BCUT2D eigenvalue weighted by Crippen LogP contribution is 2.41. The van der Waals surface area contributed by atoms with E-state index in [1.165, 1.54) is 25.1 Å². The lowest BCUT2D eigenvalue weighted by Crippen LogP contribution is -2.40. The van der Waals surface area contributed by atoms with Crippen molar-refractivity contribution in [1.82, 2.24) is 24.6 Å². The van der Waals surface area contributed by atoms with E-state index in [0.717, 1.165) is 17.8 Å². The second kappa shape index (κ2) is 4.86. The van der Waals surface area contributed by atoms with Crippen LogP contribution in [-0.4, -0.2) is 37.1 Å². The van der Waals surface area contributed by atoms with Gasteiger partial charge in [-0.3, -0.25) is 9.78 Å². The number of hydrogen-bond acceptors (Lipinski definition) is 4. The van der Waals surface area contributed by atoms with Crippen molar-refractivity contribution in [3.05, 3.63) is 41.5 Å². The molecular weight excluding hydrogens is 285 g/mol. The van der Waals surface area contributed by atoms with Gasteiger partial charge in [0.2, 0.25) is 0 Å². The summed E-state index contributed by atoms with van der Waals surface area (Å²) < 4.78 is 15.4. The molecule has 0 spiro atoms. The zero-order valence-corrected chi connectivity index (χ0v) is 12.2. The topological polar surface area (TPSA) is 63.9 Å². The summed E-state index contributed by atoms with van der Waals surface area (Å²) in [5, 5.41) is 8.54. The smallest absolute Gasteiger partial charge is 0.256 e. The average molecular weight is 301 g/mol. The first kappa shape index (κ1) is 13.4. The normalized spacial score (nSPS) is 20.8. The van der Waals surface area contributed by atoms with Crippen LogP contribution in [0.15, 0.2) is 18.5 Å². The maximum absolute atomic E-state index is 13.2. The number of hydrogen-bond donors (Lipinski definition) is 0. The first-order valence-electron chi connectivity index (χ1n) is 7.47. The van der Waals surface area contributed by atoms with Crippen molar-refractivity contribution in [2.75, 3.05) is 6.54 Å². The van der Waals surface area contributed by atoms with E-state index in [-0.39, 0.29) is 17.5 Å². The molecule has 0 unspecified atom stereocenters. The van der Waals surface area contributed by atoms with Gasteiger partial charge in [0.15, 0.2) is 5.82 Å². The Labute approximate surface area is 127 Å². The first-order chi connectivity index (χ1) is 10.6. The number of carbonyl (C=O) groups is 1. The van der Waals surface area contributed by atoms with Crippen molar-refractivity contribution in [1.29, 1.82) is 0 Å². The molecule has 4 rings (SSSR count). The van der Waals surface area contributed by atoms with Crippen molar-refractivity contribution in [3.8, 4) is 0 Å². The van der Waals surface area contributed by atoms with Crippen LogP contribution in [0.1, 0.15) is 53.7 Å². The lowest BCUT2D eigenvalue weighted by Gasteiger charge is -2.32. The molecule has 2 aromatic heterocycles. The van der Waals surface area contributed by atoms with Gasteiger partial charge in [-0.1, -0.05) is 0 Å². The van der Waals surface area contributed by atoms with Gasteiger partial charge in [0.25, 0.3) is 5.91 Å². The minimum absolute atomic E-state index is 0.125. The molecule has 0 aromatic carbocycles. The fourth-order valence-corrected chi connectivity index (χ4v) is 3.05. The second-order valence-corrected chi connectivity index (χ2v) is 6.05. The number of pyridine rings is 1. The third-order valence-electron chi connectivity index (χ3n) is 4.23. The van der Waals surface area contributed by atoms with Gasteiger partial charge in [0, 0.05) is 18.7 Å². The monoisotopic (exact) mass is 301 g/mol. The number of nitrogens with zero attached hydrogens (tertiary/aromatic N) is 5. The Bertz CT molecular complexity index is 739.